The van der Waals surface area contributed by atoms with E-state index in [1.165, 1.54) is 23.5 Å². The summed E-state index contributed by atoms with van der Waals surface area (Å²) < 4.78 is 13.2. The van der Waals surface area contributed by atoms with Gasteiger partial charge in [0.1, 0.15) is 27.8 Å². The molecule has 3 aromatic heterocycles. The molecule has 0 radical (unpaired) electrons. The third-order valence-corrected chi connectivity index (χ3v) is 6.96. The summed E-state index contributed by atoms with van der Waals surface area (Å²) in [5, 5.41) is 3.99. The zero-order chi connectivity index (χ0) is 24.4. The van der Waals surface area contributed by atoms with E-state index in [0.29, 0.717) is 0 Å². The average molecular weight is 492 g/mol. The number of aromatic nitrogens is 3. The normalized spacial score (nSPS) is 14.3. The van der Waals surface area contributed by atoms with E-state index in [4.69, 9.17) is 4.98 Å². The van der Waals surface area contributed by atoms with E-state index >= 15 is 0 Å². The molecule has 0 spiro atoms. The van der Waals surface area contributed by atoms with Gasteiger partial charge in [-0.25, -0.2) is 19.3 Å². The number of anilines is 4. The van der Waals surface area contributed by atoms with Crippen LogP contribution in [0, 0.1) is 5.82 Å². The monoisotopic (exact) mass is 491 g/mol. The van der Waals surface area contributed by atoms with Crippen LogP contribution in [0.15, 0.2) is 54.7 Å². The van der Waals surface area contributed by atoms with Gasteiger partial charge in [0.15, 0.2) is 5.13 Å². The third kappa shape index (κ3) is 5.39. The zero-order valence-corrected chi connectivity index (χ0v) is 20.4. The second-order valence-electron chi connectivity index (χ2n) is 8.51. The molecule has 4 aromatic rings. The number of thiazole rings is 1. The molecule has 0 aliphatic carbocycles. The van der Waals surface area contributed by atoms with E-state index in [0.717, 1.165) is 71.1 Å². The fourth-order valence-corrected chi connectivity index (χ4v) is 4.87. The molecule has 1 saturated heterocycles. The lowest BCUT2D eigenvalue weighted by Crippen LogP contribution is -2.47. The Morgan fingerprint density at radius 1 is 1.06 bits per heavy atom. The Morgan fingerprint density at radius 2 is 1.83 bits per heavy atom. The van der Waals surface area contributed by atoms with Crippen molar-refractivity contribution in [2.24, 2.45) is 0 Å². The molecule has 1 N–H and O–H groups in total. The Balaban J connectivity index is 1.22. The summed E-state index contributed by atoms with van der Waals surface area (Å²) in [5.74, 6) is 1.35. The maximum absolute atomic E-state index is 13.2. The van der Waals surface area contributed by atoms with Crippen LogP contribution >= 0.6 is 11.3 Å². The first-order valence-electron chi connectivity index (χ1n) is 11.4. The minimum atomic E-state index is -0.266. The Morgan fingerprint density at radius 3 is 2.51 bits per heavy atom. The number of nitrogens with one attached hydrogen (secondary N) is 1. The molecular weight excluding hydrogens is 465 g/mol. The van der Waals surface area contributed by atoms with Gasteiger partial charge in [0, 0.05) is 58.6 Å². The highest BCUT2D eigenvalue weighted by Gasteiger charge is 2.18. The van der Waals surface area contributed by atoms with E-state index in [9.17, 15) is 9.18 Å². The third-order valence-electron chi connectivity index (χ3n) is 6.08. The molecule has 1 fully saturated rings. The van der Waals surface area contributed by atoms with Gasteiger partial charge in [-0.2, -0.15) is 0 Å². The number of carbonyl (C=O) groups excluding carboxylic acids is 1. The van der Waals surface area contributed by atoms with Crippen LogP contribution in [0.3, 0.4) is 0 Å². The molecule has 4 heterocycles. The summed E-state index contributed by atoms with van der Waals surface area (Å²) in [4.78, 5) is 32.3. The first kappa shape index (κ1) is 23.1. The van der Waals surface area contributed by atoms with Crippen molar-refractivity contribution >= 4 is 50.0 Å². The standard InChI is InChI=1S/C25H26FN7OS/c1-17(34)33-13-11-32(12-14-33)16-18-3-9-22(27-15-18)29-25-28-21-8-10-23(30-24(21)35-25)31(2)20-6-4-19(26)5-7-20/h3-10,15H,11-14,16H2,1-2H3,(H,27,28,29). The van der Waals surface area contributed by atoms with Crippen molar-refractivity contribution in [2.75, 3.05) is 43.4 Å². The minimum absolute atomic E-state index is 0.142. The lowest BCUT2D eigenvalue weighted by molar-refractivity contribution is -0.130. The van der Waals surface area contributed by atoms with Gasteiger partial charge < -0.3 is 15.1 Å². The molecule has 10 heteroatoms. The van der Waals surface area contributed by atoms with E-state index in [1.807, 2.05) is 41.2 Å². The van der Waals surface area contributed by atoms with Crippen molar-refractivity contribution in [1.29, 1.82) is 0 Å². The quantitative estimate of drug-likeness (QED) is 0.428. The summed E-state index contributed by atoms with van der Waals surface area (Å²) in [6.07, 6.45) is 1.88. The number of amides is 1. The van der Waals surface area contributed by atoms with Crippen LogP contribution < -0.4 is 10.2 Å². The predicted octanol–water partition coefficient (Wildman–Crippen LogP) is 4.40. The topological polar surface area (TPSA) is 77.5 Å². The van der Waals surface area contributed by atoms with Gasteiger partial charge in [-0.1, -0.05) is 17.4 Å². The van der Waals surface area contributed by atoms with Gasteiger partial charge in [0.25, 0.3) is 0 Å². The first-order valence-corrected chi connectivity index (χ1v) is 12.2. The van der Waals surface area contributed by atoms with Crippen LogP contribution in [0.25, 0.3) is 10.3 Å². The fraction of sp³-hybridized carbons (Fsp3) is 0.280. The maximum atomic E-state index is 13.2. The number of benzene rings is 1. The van der Waals surface area contributed by atoms with Crippen molar-refractivity contribution in [1.82, 2.24) is 24.8 Å². The lowest BCUT2D eigenvalue weighted by Gasteiger charge is -2.34. The number of fused-ring (bicyclic) bond motifs is 1. The highest BCUT2D eigenvalue weighted by molar-refractivity contribution is 7.21. The maximum Gasteiger partial charge on any atom is 0.219 e. The highest BCUT2D eigenvalue weighted by Crippen LogP contribution is 2.30. The highest BCUT2D eigenvalue weighted by atomic mass is 32.1. The summed E-state index contributed by atoms with van der Waals surface area (Å²) in [6, 6.07) is 14.2. The van der Waals surface area contributed by atoms with Gasteiger partial charge in [0.05, 0.1) is 0 Å². The van der Waals surface area contributed by atoms with Crippen molar-refractivity contribution in [3.63, 3.8) is 0 Å². The van der Waals surface area contributed by atoms with Crippen molar-refractivity contribution in [3.8, 4) is 0 Å². The number of rotatable bonds is 6. The summed E-state index contributed by atoms with van der Waals surface area (Å²) in [5.41, 5.74) is 2.78. The molecule has 1 amide bonds. The lowest BCUT2D eigenvalue weighted by atomic mass is 10.2. The van der Waals surface area contributed by atoms with Gasteiger partial charge in [-0.05, 0) is 48.0 Å². The molecule has 0 atom stereocenters. The van der Waals surface area contributed by atoms with Crippen LogP contribution in [0.1, 0.15) is 12.5 Å². The Kier molecular flexibility index (Phi) is 6.56. The SMILES string of the molecule is CC(=O)N1CCN(Cc2ccc(Nc3nc4ccc(N(C)c5ccc(F)cc5)nc4s3)nc2)CC1. The van der Waals surface area contributed by atoms with E-state index in [1.54, 1.807) is 19.1 Å². The van der Waals surface area contributed by atoms with Crippen molar-refractivity contribution < 1.29 is 9.18 Å². The van der Waals surface area contributed by atoms with Crippen molar-refractivity contribution in [3.05, 3.63) is 66.1 Å². The van der Waals surface area contributed by atoms with E-state index < -0.39 is 0 Å². The molecule has 8 nitrogen and oxygen atoms in total. The zero-order valence-electron chi connectivity index (χ0n) is 19.6. The van der Waals surface area contributed by atoms with Crippen LogP contribution in [0.2, 0.25) is 0 Å². The van der Waals surface area contributed by atoms with Gasteiger partial charge >= 0.3 is 0 Å². The van der Waals surface area contributed by atoms with Crippen LogP contribution in [-0.2, 0) is 11.3 Å². The molecule has 5 rings (SSSR count). The number of pyridine rings is 2. The average Bonchev–Trinajstić information content (AvgIpc) is 3.27. The molecule has 1 aliphatic rings. The number of halogens is 1. The largest absolute Gasteiger partial charge is 0.340 e. The number of hydrogen-bond donors (Lipinski definition) is 1. The predicted molar refractivity (Wildman–Crippen MR) is 137 cm³/mol. The van der Waals surface area contributed by atoms with Crippen molar-refractivity contribution in [2.45, 2.75) is 13.5 Å². The van der Waals surface area contributed by atoms with Gasteiger partial charge in [-0.15, -0.1) is 0 Å². The second-order valence-corrected chi connectivity index (χ2v) is 9.48. The Bertz CT molecular complexity index is 1320. The molecule has 0 saturated carbocycles. The molecule has 0 bridgehead atoms. The molecule has 1 aromatic carbocycles. The van der Waals surface area contributed by atoms with Gasteiger partial charge in [0.2, 0.25) is 5.91 Å². The molecule has 1 aliphatic heterocycles. The summed E-state index contributed by atoms with van der Waals surface area (Å²) in [7, 11) is 1.90. The molecular formula is C25H26FN7OS. The van der Waals surface area contributed by atoms with Crippen LogP contribution in [0.5, 0.6) is 0 Å². The van der Waals surface area contributed by atoms with Crippen LogP contribution in [-0.4, -0.2) is 63.9 Å². The Labute approximate surface area is 207 Å². The van der Waals surface area contributed by atoms with Gasteiger partial charge in [-0.3, -0.25) is 9.69 Å². The summed E-state index contributed by atoms with van der Waals surface area (Å²) >= 11 is 1.46. The summed E-state index contributed by atoms with van der Waals surface area (Å²) in [6.45, 7) is 5.73. The Hall–Kier alpha value is -3.63. The fourth-order valence-electron chi connectivity index (χ4n) is 4.03. The molecule has 0 unspecified atom stereocenters. The number of hydrogen-bond acceptors (Lipinski definition) is 8. The van der Waals surface area contributed by atoms with Crippen LogP contribution in [0.4, 0.5) is 26.8 Å². The van der Waals surface area contributed by atoms with E-state index in [2.05, 4.69) is 26.3 Å². The second kappa shape index (κ2) is 9.93. The molecule has 180 valence electrons. The minimum Gasteiger partial charge on any atom is -0.340 e. The number of carbonyl (C=O) groups is 1. The first-order chi connectivity index (χ1) is 16.9. The van der Waals surface area contributed by atoms with E-state index in [-0.39, 0.29) is 11.7 Å². The molecule has 35 heavy (non-hydrogen) atoms. The number of nitrogens with zero attached hydrogens (tertiary/aromatic N) is 6. The smallest absolute Gasteiger partial charge is 0.219 e. The number of piperazine rings is 1.